The fourth-order valence-corrected chi connectivity index (χ4v) is 5.78. The number of aliphatic hydroxyl groups excluding tert-OH is 3. The van der Waals surface area contributed by atoms with Crippen molar-refractivity contribution in [2.45, 2.75) is 160 Å². The summed E-state index contributed by atoms with van der Waals surface area (Å²) in [6.45, 7) is 3.19. The molecule has 0 bridgehead atoms. The van der Waals surface area contributed by atoms with E-state index in [4.69, 9.17) is 24.3 Å². The van der Waals surface area contributed by atoms with Crippen molar-refractivity contribution in [3.63, 3.8) is 0 Å². The summed E-state index contributed by atoms with van der Waals surface area (Å²) in [7, 11) is -4.47. The summed E-state index contributed by atoms with van der Waals surface area (Å²) in [5.74, 6) is -1.16. The average Bonchev–Trinajstić information content (AvgIpc) is 3.11. The van der Waals surface area contributed by atoms with Crippen molar-refractivity contribution in [3.05, 3.63) is 48.6 Å². The lowest BCUT2D eigenvalue weighted by Crippen LogP contribution is -2.30. The number of hydrogen-bond donors (Lipinski definition) is 5. The highest BCUT2D eigenvalue weighted by Gasteiger charge is 2.26. The van der Waals surface area contributed by atoms with Crippen molar-refractivity contribution in [2.75, 3.05) is 26.4 Å². The van der Waals surface area contributed by atoms with E-state index in [9.17, 15) is 34.4 Å². The number of aliphatic hydroxyl groups is 3. The van der Waals surface area contributed by atoms with Crippen molar-refractivity contribution in [1.29, 1.82) is 0 Å². The Morgan fingerprint density at radius 1 is 0.654 bits per heavy atom. The van der Waals surface area contributed by atoms with Gasteiger partial charge >= 0.3 is 19.8 Å². The summed E-state index contributed by atoms with van der Waals surface area (Å²) < 4.78 is 32.4. The predicted molar refractivity (Wildman–Crippen MR) is 205 cm³/mol. The van der Waals surface area contributed by atoms with E-state index in [1.54, 1.807) is 42.5 Å². The maximum atomic E-state index is 12.6. The second-order valence-corrected chi connectivity index (χ2v) is 14.5. The van der Waals surface area contributed by atoms with Crippen LogP contribution in [-0.4, -0.2) is 82.9 Å². The summed E-state index contributed by atoms with van der Waals surface area (Å²) in [6.07, 6.45) is 26.6. The van der Waals surface area contributed by atoms with E-state index < -0.39 is 50.8 Å². The molecule has 0 aliphatic rings. The number of carbonyl (C=O) groups excluding carboxylic acids is 2. The molecule has 0 fully saturated rings. The molecule has 0 aromatic rings. The first kappa shape index (κ1) is 49.9. The maximum absolute atomic E-state index is 12.6. The van der Waals surface area contributed by atoms with E-state index >= 15 is 0 Å². The van der Waals surface area contributed by atoms with Gasteiger partial charge in [-0.05, 0) is 25.7 Å². The van der Waals surface area contributed by atoms with Crippen LogP contribution in [0.1, 0.15) is 136 Å². The van der Waals surface area contributed by atoms with E-state index in [-0.39, 0.29) is 45.4 Å². The van der Waals surface area contributed by atoms with Crippen LogP contribution in [0.25, 0.3) is 0 Å². The Labute approximate surface area is 313 Å². The van der Waals surface area contributed by atoms with E-state index in [1.165, 1.54) is 51.0 Å². The highest BCUT2D eigenvalue weighted by atomic mass is 31.2. The molecule has 6 N–H and O–H groups in total. The van der Waals surface area contributed by atoms with Crippen molar-refractivity contribution in [1.82, 2.24) is 0 Å². The summed E-state index contributed by atoms with van der Waals surface area (Å²) in [5, 5.41) is 30.4. The second kappa shape index (κ2) is 34.6. The zero-order valence-electron chi connectivity index (χ0n) is 31.9. The SMILES string of the molecule is CCCCCCCCCCCCCC(=O)OC[C@H](COP(=O)(O)OCCN)OC(=O)CCC[C@H](O)[C@@H](O)/C=C/C=C/C=C\C=C\[C@@H](O)CCCCC. The van der Waals surface area contributed by atoms with Gasteiger partial charge in [0.15, 0.2) is 6.10 Å². The quantitative estimate of drug-likeness (QED) is 0.0188. The second-order valence-electron chi connectivity index (χ2n) is 13.0. The fraction of sp³-hybridized carbons (Fsp3) is 0.744. The molecule has 302 valence electrons. The first-order valence-corrected chi connectivity index (χ1v) is 20.9. The summed E-state index contributed by atoms with van der Waals surface area (Å²) in [5.41, 5.74) is 5.31. The van der Waals surface area contributed by atoms with Crippen LogP contribution in [0.15, 0.2) is 48.6 Å². The van der Waals surface area contributed by atoms with Gasteiger partial charge in [0.25, 0.3) is 0 Å². The van der Waals surface area contributed by atoms with Gasteiger partial charge in [-0.1, -0.05) is 146 Å². The number of hydrogen-bond acceptors (Lipinski definition) is 11. The molecule has 0 aromatic heterocycles. The minimum atomic E-state index is -4.47. The van der Waals surface area contributed by atoms with Crippen LogP contribution in [0.5, 0.6) is 0 Å². The van der Waals surface area contributed by atoms with Gasteiger partial charge in [0.2, 0.25) is 0 Å². The van der Waals surface area contributed by atoms with Crippen molar-refractivity contribution in [2.24, 2.45) is 5.73 Å². The highest BCUT2D eigenvalue weighted by Crippen LogP contribution is 2.43. The lowest BCUT2D eigenvalue weighted by atomic mass is 10.1. The molecule has 0 aromatic carbocycles. The smallest absolute Gasteiger partial charge is 0.462 e. The Hall–Kier alpha value is -2.15. The molecule has 0 saturated carbocycles. The fourth-order valence-electron chi connectivity index (χ4n) is 5.02. The van der Waals surface area contributed by atoms with Crippen molar-refractivity contribution < 1.29 is 52.9 Å². The van der Waals surface area contributed by atoms with Gasteiger partial charge in [0.05, 0.1) is 31.5 Å². The molecule has 0 rings (SSSR count). The Morgan fingerprint density at radius 3 is 1.81 bits per heavy atom. The predicted octanol–water partition coefficient (Wildman–Crippen LogP) is 7.29. The standard InChI is InChI=1S/C39H70NO11P/c1-3-5-7-8-9-10-11-12-13-18-22-28-38(44)48-32-35(33-50-52(46,47)49-31-30-40)51-39(45)29-23-27-37(43)36(42)26-21-17-15-14-16-20-25-34(41)24-19-6-4-2/h14-17,20-21,25-26,34-37,41-43H,3-13,18-19,22-24,27-33,40H2,1-2H3,(H,46,47)/b16-14-,17-15+,25-20+,26-21+/t34-,35+,36-,37-/m0/s1. The Balaban J connectivity index is 4.60. The number of nitrogens with two attached hydrogens (primary N) is 1. The zero-order chi connectivity index (χ0) is 38.7. The molecule has 5 atom stereocenters. The molecule has 0 aliphatic heterocycles. The van der Waals surface area contributed by atoms with E-state index in [2.05, 4.69) is 13.8 Å². The van der Waals surface area contributed by atoms with Crippen molar-refractivity contribution in [3.8, 4) is 0 Å². The summed E-state index contributed by atoms with van der Waals surface area (Å²) in [4.78, 5) is 34.7. The molecule has 0 aliphatic carbocycles. The van der Waals surface area contributed by atoms with Gasteiger partial charge in [0, 0.05) is 19.4 Å². The van der Waals surface area contributed by atoms with Crippen molar-refractivity contribution >= 4 is 19.8 Å². The van der Waals surface area contributed by atoms with Gasteiger partial charge in [-0.25, -0.2) is 4.57 Å². The Kier molecular flexibility index (Phi) is 33.2. The topological polar surface area (TPSA) is 195 Å². The van der Waals surface area contributed by atoms with Crippen LogP contribution in [0.2, 0.25) is 0 Å². The summed E-state index contributed by atoms with van der Waals surface area (Å²) in [6, 6.07) is 0. The van der Waals surface area contributed by atoms with Gasteiger partial charge in [0.1, 0.15) is 6.61 Å². The molecule has 0 spiro atoms. The molecule has 0 radical (unpaired) electrons. The van der Waals surface area contributed by atoms with Gasteiger partial charge in [-0.15, -0.1) is 0 Å². The molecular formula is C39H70NO11P. The van der Waals surface area contributed by atoms with E-state index in [0.717, 1.165) is 44.9 Å². The van der Waals surface area contributed by atoms with Crippen LogP contribution < -0.4 is 5.73 Å². The van der Waals surface area contributed by atoms with E-state index in [0.29, 0.717) is 6.42 Å². The molecule has 0 amide bonds. The lowest BCUT2D eigenvalue weighted by Gasteiger charge is -2.20. The molecular weight excluding hydrogens is 689 g/mol. The van der Waals surface area contributed by atoms with Crippen LogP contribution in [-0.2, 0) is 32.7 Å². The molecule has 0 heterocycles. The third-order valence-electron chi connectivity index (χ3n) is 8.08. The monoisotopic (exact) mass is 759 g/mol. The third-order valence-corrected chi connectivity index (χ3v) is 9.07. The van der Waals surface area contributed by atoms with Gasteiger partial charge in [-0.2, -0.15) is 0 Å². The number of ether oxygens (including phenoxy) is 2. The van der Waals surface area contributed by atoms with Crippen LogP contribution in [0, 0.1) is 0 Å². The Morgan fingerprint density at radius 2 is 1.19 bits per heavy atom. The van der Waals surface area contributed by atoms with Gasteiger partial charge in [-0.3, -0.25) is 18.6 Å². The first-order chi connectivity index (χ1) is 25.0. The molecule has 0 saturated heterocycles. The zero-order valence-corrected chi connectivity index (χ0v) is 32.8. The minimum absolute atomic E-state index is 0.00299. The first-order valence-electron chi connectivity index (χ1n) is 19.4. The average molecular weight is 760 g/mol. The molecule has 52 heavy (non-hydrogen) atoms. The minimum Gasteiger partial charge on any atom is -0.462 e. The molecule has 12 nitrogen and oxygen atoms in total. The van der Waals surface area contributed by atoms with E-state index in [1.807, 2.05) is 0 Å². The normalized spacial score (nSPS) is 15.8. The largest absolute Gasteiger partial charge is 0.472 e. The molecule has 13 heteroatoms. The van der Waals surface area contributed by atoms with Gasteiger partial charge < -0.3 is 35.4 Å². The third kappa shape index (κ3) is 32.5. The number of carbonyl (C=O) groups is 2. The highest BCUT2D eigenvalue weighted by molar-refractivity contribution is 7.47. The number of phosphoric ester groups is 1. The number of rotatable bonds is 35. The number of esters is 2. The molecule has 1 unspecified atom stereocenters. The Bertz CT molecular complexity index is 1050. The van der Waals surface area contributed by atoms with Crippen LogP contribution >= 0.6 is 7.82 Å². The summed E-state index contributed by atoms with van der Waals surface area (Å²) >= 11 is 0. The maximum Gasteiger partial charge on any atom is 0.472 e. The number of phosphoric acid groups is 1. The number of unbranched alkanes of at least 4 members (excludes halogenated alkanes) is 12. The van der Waals surface area contributed by atoms with Crippen LogP contribution in [0.3, 0.4) is 0 Å². The van der Waals surface area contributed by atoms with Crippen LogP contribution in [0.4, 0.5) is 0 Å². The lowest BCUT2D eigenvalue weighted by molar-refractivity contribution is -0.161. The number of allylic oxidation sites excluding steroid dienone is 6.